The maximum atomic E-state index is 13.0. The zero-order valence-corrected chi connectivity index (χ0v) is 18.9. The highest BCUT2D eigenvalue weighted by atomic mass is 35.5. The summed E-state index contributed by atoms with van der Waals surface area (Å²) in [5.74, 6) is 0.126. The molecule has 4 rings (SSSR count). The number of hydrogen-bond acceptors (Lipinski definition) is 5. The zero-order chi connectivity index (χ0) is 22.0. The van der Waals surface area contributed by atoms with Crippen LogP contribution in [0.4, 0.5) is 5.13 Å². The highest BCUT2D eigenvalue weighted by Gasteiger charge is 2.35. The van der Waals surface area contributed by atoms with Crippen LogP contribution in [0.15, 0.2) is 47.8 Å². The van der Waals surface area contributed by atoms with Gasteiger partial charge in [0.15, 0.2) is 5.13 Å². The smallest absolute Gasteiger partial charge is 0.256 e. The largest absolute Gasteiger partial charge is 0.496 e. The first-order chi connectivity index (χ1) is 15.0. The fraction of sp³-hybridized carbons (Fsp3) is 0.227. The molecule has 1 aliphatic heterocycles. The molecule has 2 amide bonds. The van der Waals surface area contributed by atoms with Crippen molar-refractivity contribution >= 4 is 51.5 Å². The van der Waals surface area contributed by atoms with Crippen molar-refractivity contribution in [3.63, 3.8) is 0 Å². The molecule has 6 nitrogen and oxygen atoms in total. The number of ether oxygens (including phenoxy) is 1. The van der Waals surface area contributed by atoms with Crippen molar-refractivity contribution in [2.45, 2.75) is 18.9 Å². The fourth-order valence-corrected chi connectivity index (χ4v) is 4.68. The minimum absolute atomic E-state index is 0.273. The number of methoxy groups -OCH3 is 1. The summed E-state index contributed by atoms with van der Waals surface area (Å²) in [6.45, 7) is 0.476. The summed E-state index contributed by atoms with van der Waals surface area (Å²) in [4.78, 5) is 32.0. The Hall–Kier alpha value is -2.61. The van der Waals surface area contributed by atoms with Crippen LogP contribution < -0.4 is 10.1 Å². The first kappa shape index (κ1) is 21.6. The highest BCUT2D eigenvalue weighted by molar-refractivity contribution is 7.14. The van der Waals surface area contributed by atoms with Gasteiger partial charge in [-0.1, -0.05) is 35.3 Å². The lowest BCUT2D eigenvalue weighted by atomic mass is 10.1. The Morgan fingerprint density at radius 2 is 2.03 bits per heavy atom. The van der Waals surface area contributed by atoms with Crippen molar-refractivity contribution in [3.05, 3.63) is 63.5 Å². The highest BCUT2D eigenvalue weighted by Crippen LogP contribution is 2.32. The number of likely N-dealkylation sites (tertiary alicyclic amines) is 1. The van der Waals surface area contributed by atoms with Crippen LogP contribution in [0.3, 0.4) is 0 Å². The molecular formula is C22H19Cl2N3O3S. The van der Waals surface area contributed by atoms with E-state index < -0.39 is 6.04 Å². The summed E-state index contributed by atoms with van der Waals surface area (Å²) in [5, 5.41) is 5.89. The van der Waals surface area contributed by atoms with Crippen molar-refractivity contribution < 1.29 is 14.3 Å². The van der Waals surface area contributed by atoms with Crippen LogP contribution in [0.25, 0.3) is 11.3 Å². The molecule has 9 heteroatoms. The maximum Gasteiger partial charge on any atom is 0.256 e. The van der Waals surface area contributed by atoms with Gasteiger partial charge in [0.05, 0.1) is 23.4 Å². The molecule has 2 aromatic carbocycles. The van der Waals surface area contributed by atoms with E-state index in [1.54, 1.807) is 24.1 Å². The predicted octanol–water partition coefficient (Wildman–Crippen LogP) is 5.37. The molecule has 0 spiro atoms. The number of aromatic nitrogens is 1. The van der Waals surface area contributed by atoms with E-state index in [0.717, 1.165) is 12.0 Å². The van der Waals surface area contributed by atoms with Crippen LogP contribution in [0.5, 0.6) is 5.75 Å². The second-order valence-corrected chi connectivity index (χ2v) is 8.71. The van der Waals surface area contributed by atoms with Gasteiger partial charge in [-0.25, -0.2) is 4.98 Å². The van der Waals surface area contributed by atoms with E-state index in [9.17, 15) is 9.59 Å². The van der Waals surface area contributed by atoms with E-state index in [1.165, 1.54) is 17.4 Å². The third-order valence-electron chi connectivity index (χ3n) is 5.09. The van der Waals surface area contributed by atoms with Crippen LogP contribution in [0.1, 0.15) is 23.2 Å². The Balaban J connectivity index is 1.50. The van der Waals surface area contributed by atoms with Crippen molar-refractivity contribution in [1.82, 2.24) is 9.88 Å². The first-order valence-electron chi connectivity index (χ1n) is 9.63. The Labute approximate surface area is 193 Å². The van der Waals surface area contributed by atoms with Crippen LogP contribution in [-0.2, 0) is 4.79 Å². The normalized spacial score (nSPS) is 15.7. The van der Waals surface area contributed by atoms with Gasteiger partial charge in [-0.2, -0.15) is 0 Å². The monoisotopic (exact) mass is 475 g/mol. The number of amides is 2. The molecule has 160 valence electrons. The van der Waals surface area contributed by atoms with E-state index in [0.29, 0.717) is 45.1 Å². The Bertz CT molecular complexity index is 1130. The van der Waals surface area contributed by atoms with Crippen molar-refractivity contribution in [2.75, 3.05) is 19.0 Å². The topological polar surface area (TPSA) is 71.5 Å². The predicted molar refractivity (Wildman–Crippen MR) is 123 cm³/mol. The lowest BCUT2D eigenvalue weighted by Crippen LogP contribution is -2.43. The summed E-state index contributed by atoms with van der Waals surface area (Å²) < 4.78 is 5.38. The summed E-state index contributed by atoms with van der Waals surface area (Å²) >= 11 is 13.5. The van der Waals surface area contributed by atoms with Crippen LogP contribution in [-0.4, -0.2) is 41.4 Å². The summed E-state index contributed by atoms with van der Waals surface area (Å²) in [6, 6.07) is 11.7. The van der Waals surface area contributed by atoms with Crippen LogP contribution >= 0.6 is 34.5 Å². The number of anilines is 1. The molecule has 2 heterocycles. The summed E-state index contributed by atoms with van der Waals surface area (Å²) in [7, 11) is 1.60. The minimum Gasteiger partial charge on any atom is -0.496 e. The van der Waals surface area contributed by atoms with Gasteiger partial charge in [0.1, 0.15) is 11.8 Å². The van der Waals surface area contributed by atoms with Gasteiger partial charge in [-0.15, -0.1) is 11.3 Å². The second kappa shape index (κ2) is 9.26. The molecular weight excluding hydrogens is 457 g/mol. The molecule has 3 aromatic rings. The van der Waals surface area contributed by atoms with Gasteiger partial charge >= 0.3 is 0 Å². The molecule has 1 aromatic heterocycles. The standard InChI is InChI=1S/C22H19Cl2N3O3S/c1-30-19-7-3-2-5-14(19)17-12-31-22(25-17)26-20(28)18-6-4-10-27(18)21(29)15-11-13(23)8-9-16(15)24/h2-3,5,7-9,11-12,18H,4,6,10H2,1H3,(H,25,26,28). The average Bonchev–Trinajstić information content (AvgIpc) is 3.44. The Kier molecular flexibility index (Phi) is 6.46. The number of rotatable bonds is 5. The minimum atomic E-state index is -0.596. The Morgan fingerprint density at radius 3 is 2.84 bits per heavy atom. The summed E-state index contributed by atoms with van der Waals surface area (Å²) in [6.07, 6.45) is 1.30. The van der Waals surface area contributed by atoms with Crippen molar-refractivity contribution in [1.29, 1.82) is 0 Å². The molecule has 0 saturated carbocycles. The number of thiazole rings is 1. The van der Waals surface area contributed by atoms with Gasteiger partial charge < -0.3 is 15.0 Å². The van der Waals surface area contributed by atoms with E-state index in [4.69, 9.17) is 27.9 Å². The molecule has 1 unspecified atom stereocenters. The number of nitrogens with one attached hydrogen (secondary N) is 1. The second-order valence-electron chi connectivity index (χ2n) is 7.01. The van der Waals surface area contributed by atoms with E-state index in [-0.39, 0.29) is 11.8 Å². The van der Waals surface area contributed by atoms with Crippen molar-refractivity contribution in [2.24, 2.45) is 0 Å². The number of hydrogen-bond donors (Lipinski definition) is 1. The third kappa shape index (κ3) is 4.54. The lowest BCUT2D eigenvalue weighted by Gasteiger charge is -2.24. The number of nitrogens with zero attached hydrogens (tertiary/aromatic N) is 2. The van der Waals surface area contributed by atoms with Gasteiger partial charge in [0, 0.05) is 22.5 Å². The van der Waals surface area contributed by atoms with Gasteiger partial charge in [0.2, 0.25) is 5.91 Å². The van der Waals surface area contributed by atoms with E-state index in [1.807, 2.05) is 29.6 Å². The van der Waals surface area contributed by atoms with Gasteiger partial charge in [-0.3, -0.25) is 9.59 Å². The van der Waals surface area contributed by atoms with Crippen LogP contribution in [0, 0.1) is 0 Å². The average molecular weight is 476 g/mol. The van der Waals surface area contributed by atoms with Gasteiger partial charge in [0.25, 0.3) is 5.91 Å². The SMILES string of the molecule is COc1ccccc1-c1csc(NC(=O)C2CCCN2C(=O)c2cc(Cl)ccc2Cl)n1. The van der Waals surface area contributed by atoms with Gasteiger partial charge in [-0.05, 0) is 43.2 Å². The molecule has 31 heavy (non-hydrogen) atoms. The molecule has 1 saturated heterocycles. The number of halogens is 2. The van der Waals surface area contributed by atoms with E-state index in [2.05, 4.69) is 10.3 Å². The van der Waals surface area contributed by atoms with Crippen LogP contribution in [0.2, 0.25) is 10.0 Å². The molecule has 1 fully saturated rings. The van der Waals surface area contributed by atoms with Crippen molar-refractivity contribution in [3.8, 4) is 17.0 Å². The summed E-state index contributed by atoms with van der Waals surface area (Å²) in [5.41, 5.74) is 1.85. The first-order valence-corrected chi connectivity index (χ1v) is 11.3. The number of carbonyl (C=O) groups is 2. The molecule has 1 atom stereocenters. The molecule has 0 radical (unpaired) electrons. The fourth-order valence-electron chi connectivity index (χ4n) is 3.60. The quantitative estimate of drug-likeness (QED) is 0.538. The number of benzene rings is 2. The maximum absolute atomic E-state index is 13.0. The molecule has 0 bridgehead atoms. The third-order valence-corrected chi connectivity index (χ3v) is 6.41. The lowest BCUT2D eigenvalue weighted by molar-refractivity contribution is -0.119. The molecule has 1 N–H and O–H groups in total. The molecule has 0 aliphatic carbocycles. The Morgan fingerprint density at radius 1 is 1.23 bits per heavy atom. The molecule has 1 aliphatic rings. The van der Waals surface area contributed by atoms with E-state index >= 15 is 0 Å². The number of carbonyl (C=O) groups excluding carboxylic acids is 2. The zero-order valence-electron chi connectivity index (χ0n) is 16.6. The number of para-hydroxylation sites is 1.